The summed E-state index contributed by atoms with van der Waals surface area (Å²) in [4.78, 5) is 33.5. The Morgan fingerprint density at radius 1 is 0.565 bits per heavy atom. The number of carbonyl (C=O) groups is 3. The maximum atomic E-state index is 12.3. The number of alkyl halides is 3. The summed E-state index contributed by atoms with van der Waals surface area (Å²) in [6.45, 7) is 0. The third-order valence-electron chi connectivity index (χ3n) is 6.32. The van der Waals surface area contributed by atoms with Crippen LogP contribution in [0.4, 0.5) is 24.5 Å². The standard InChI is InChI=1S/2C17H13NO.C2HF3O2.Eu/c2*19-17(18-14-9-2-1-3-10-14)16-12-6-8-13-7-4-5-11-15(13)16;3-2(4,5)1(6)7;/h2*1-12H,(H,18,19);(H,6,7);/p-1. The Kier molecular flexibility index (Phi) is 13.6. The van der Waals surface area contributed by atoms with Crippen molar-refractivity contribution in [2.75, 3.05) is 5.32 Å². The molecule has 0 spiro atoms. The van der Waals surface area contributed by atoms with Gasteiger partial charge in [0.05, 0.1) is 5.91 Å². The number of carboxylic acid groups (broad SMARTS) is 1. The van der Waals surface area contributed by atoms with E-state index in [9.17, 15) is 22.8 Å². The van der Waals surface area contributed by atoms with Crippen LogP contribution in [0.3, 0.4) is 0 Å². The second-order valence-corrected chi connectivity index (χ2v) is 9.43. The molecule has 6 aromatic rings. The zero-order valence-corrected chi connectivity index (χ0v) is 26.4. The molecule has 10 heteroatoms. The van der Waals surface area contributed by atoms with Crippen molar-refractivity contribution in [2.24, 2.45) is 0 Å². The molecule has 0 aromatic heterocycles. The predicted molar refractivity (Wildman–Crippen MR) is 170 cm³/mol. The summed E-state index contributed by atoms with van der Waals surface area (Å²) in [6.07, 6.45) is -5.08. The average molecular weight is 760 g/mol. The van der Waals surface area contributed by atoms with E-state index in [0.29, 0.717) is 16.8 Å². The topological polar surface area (TPSA) is 97.6 Å². The first kappa shape index (κ1) is 36.1. The number of aliphatic carboxylic acids is 1. The maximum Gasteiger partial charge on any atom is 0.490 e. The van der Waals surface area contributed by atoms with Crippen LogP contribution in [-0.2, 0) is 4.79 Å². The molecule has 0 unspecified atom stereocenters. The molecule has 233 valence electrons. The van der Waals surface area contributed by atoms with Crippen LogP contribution in [-0.4, -0.2) is 29.1 Å². The minimum absolute atomic E-state index is 0. The molecule has 0 bridgehead atoms. The Hall–Kier alpha value is -4.38. The molecule has 46 heavy (non-hydrogen) atoms. The Labute approximate surface area is 303 Å². The summed E-state index contributed by atoms with van der Waals surface area (Å²) in [5.74, 6) is -3.04. The van der Waals surface area contributed by atoms with E-state index in [2.05, 4.69) is 10.6 Å². The molecular formula is C36H26EuF3N2O4-. The second kappa shape index (κ2) is 17.4. The number of carbonyl (C=O) groups excluding carboxylic acids is 2. The molecule has 0 aliphatic carbocycles. The normalized spacial score (nSPS) is 10.2. The number of rotatable bonds is 4. The van der Waals surface area contributed by atoms with Crippen molar-refractivity contribution in [1.29, 1.82) is 0 Å². The van der Waals surface area contributed by atoms with Crippen LogP contribution >= 0.6 is 0 Å². The van der Waals surface area contributed by atoms with Gasteiger partial charge in [0.25, 0.3) is 5.91 Å². The van der Waals surface area contributed by atoms with Crippen LogP contribution in [0.5, 0.6) is 0 Å². The minimum atomic E-state index is -5.08. The molecule has 0 heterocycles. The first-order valence-corrected chi connectivity index (χ1v) is 13.6. The molecule has 6 aromatic carbocycles. The van der Waals surface area contributed by atoms with E-state index in [-0.39, 0.29) is 61.2 Å². The van der Waals surface area contributed by atoms with E-state index in [0.717, 1.165) is 27.2 Å². The van der Waals surface area contributed by atoms with Gasteiger partial charge in [-0.3, -0.25) is 4.79 Å². The van der Waals surface area contributed by atoms with Gasteiger partial charge in [-0.1, -0.05) is 127 Å². The van der Waals surface area contributed by atoms with E-state index in [1.165, 1.54) is 0 Å². The molecule has 1 radical (unpaired) electrons. The van der Waals surface area contributed by atoms with Crippen LogP contribution in [0.1, 0.15) is 20.7 Å². The van der Waals surface area contributed by atoms with E-state index < -0.39 is 12.1 Å². The van der Waals surface area contributed by atoms with Crippen molar-refractivity contribution in [3.8, 4) is 0 Å². The smallest absolute Gasteiger partial charge is 0.490 e. The number of fused-ring (bicyclic) bond motifs is 2. The molecule has 6 nitrogen and oxygen atoms in total. The molecular weight excluding hydrogens is 733 g/mol. The summed E-state index contributed by atoms with van der Waals surface area (Å²) in [7, 11) is 0. The van der Waals surface area contributed by atoms with Crippen LogP contribution in [0.2, 0.25) is 0 Å². The number of para-hydroxylation sites is 2. The fraction of sp³-hybridized carbons (Fsp3) is 0.0278. The molecule has 0 aliphatic heterocycles. The fourth-order valence-electron chi connectivity index (χ4n) is 4.24. The van der Waals surface area contributed by atoms with Crippen LogP contribution in [0.15, 0.2) is 146 Å². The quantitative estimate of drug-likeness (QED) is 0.187. The SMILES string of the molecule is O=C(Nc1ccccc1)c1cccc2ccccc12.O=C(O)C(F)(F)F.O=C([N-]c1ccccc1)c1cccc2ccccc12.[Eu]. The van der Waals surface area contributed by atoms with E-state index >= 15 is 0 Å². The fourth-order valence-corrected chi connectivity index (χ4v) is 4.24. The number of benzene rings is 6. The number of halogens is 3. The maximum absolute atomic E-state index is 12.3. The van der Waals surface area contributed by atoms with E-state index in [1.807, 2.05) is 146 Å². The molecule has 0 fully saturated rings. The van der Waals surface area contributed by atoms with E-state index in [4.69, 9.17) is 9.90 Å². The van der Waals surface area contributed by atoms with Gasteiger partial charge in [-0.15, -0.1) is 5.69 Å². The second-order valence-electron chi connectivity index (χ2n) is 9.43. The van der Waals surface area contributed by atoms with Gasteiger partial charge in [-0.25, -0.2) is 4.79 Å². The number of carboxylic acids is 1. The van der Waals surface area contributed by atoms with Crippen molar-refractivity contribution in [1.82, 2.24) is 0 Å². The molecule has 2 amide bonds. The number of hydrogen-bond donors (Lipinski definition) is 2. The number of nitrogens with one attached hydrogen (secondary N) is 1. The Bertz CT molecular complexity index is 1780. The van der Waals surface area contributed by atoms with Crippen LogP contribution in [0.25, 0.3) is 26.9 Å². The van der Waals surface area contributed by atoms with Crippen molar-refractivity contribution in [3.05, 3.63) is 162 Å². The number of hydrogen-bond acceptors (Lipinski definition) is 3. The minimum Gasteiger partial charge on any atom is -0.623 e. The molecule has 0 saturated heterocycles. The van der Waals surface area contributed by atoms with Crippen molar-refractivity contribution >= 4 is 50.7 Å². The van der Waals surface area contributed by atoms with Gasteiger partial charge in [0.15, 0.2) is 0 Å². The van der Waals surface area contributed by atoms with Gasteiger partial charge >= 0.3 is 12.1 Å². The Morgan fingerprint density at radius 3 is 1.50 bits per heavy atom. The van der Waals surface area contributed by atoms with Gasteiger partial charge in [0.1, 0.15) is 0 Å². The van der Waals surface area contributed by atoms with Gasteiger partial charge < -0.3 is 20.5 Å². The zero-order chi connectivity index (χ0) is 32.2. The molecule has 0 aliphatic rings. The number of anilines is 1. The number of amides is 2. The van der Waals surface area contributed by atoms with E-state index in [1.54, 1.807) is 0 Å². The molecule has 2 N–H and O–H groups in total. The van der Waals surface area contributed by atoms with Crippen LogP contribution < -0.4 is 5.32 Å². The van der Waals surface area contributed by atoms with Gasteiger partial charge in [-0.2, -0.15) is 13.2 Å². The molecule has 0 saturated carbocycles. The third-order valence-corrected chi connectivity index (χ3v) is 6.32. The summed E-state index contributed by atoms with van der Waals surface area (Å²) in [5.41, 5.74) is 2.82. The van der Waals surface area contributed by atoms with Gasteiger partial charge in [-0.05, 0) is 39.7 Å². The molecule has 6 rings (SSSR count). The van der Waals surface area contributed by atoms with Gasteiger partial charge in [0, 0.05) is 66.2 Å². The Balaban J connectivity index is 0.000000205. The third kappa shape index (κ3) is 10.3. The summed E-state index contributed by atoms with van der Waals surface area (Å²) < 4.78 is 31.7. The van der Waals surface area contributed by atoms with Crippen molar-refractivity contribution in [2.45, 2.75) is 6.18 Å². The average Bonchev–Trinajstić information content (AvgIpc) is 3.05. The number of nitrogens with zero attached hydrogens (tertiary/aromatic N) is 1. The summed E-state index contributed by atoms with van der Waals surface area (Å²) >= 11 is 0. The zero-order valence-electron chi connectivity index (χ0n) is 24.0. The van der Waals surface area contributed by atoms with Gasteiger partial charge in [0.2, 0.25) is 0 Å². The van der Waals surface area contributed by atoms with Crippen molar-refractivity contribution in [3.63, 3.8) is 0 Å². The molecule has 0 atom stereocenters. The summed E-state index contributed by atoms with van der Waals surface area (Å²) in [5, 5.41) is 18.2. The largest absolute Gasteiger partial charge is 0.623 e. The first-order valence-electron chi connectivity index (χ1n) is 13.6. The predicted octanol–water partition coefficient (Wildman–Crippen LogP) is 9.41. The monoisotopic (exact) mass is 760 g/mol. The first-order chi connectivity index (χ1) is 21.6. The summed E-state index contributed by atoms with van der Waals surface area (Å²) in [6, 6.07) is 46.0. The van der Waals surface area contributed by atoms with Crippen LogP contribution in [0, 0.1) is 49.4 Å². The Morgan fingerprint density at radius 2 is 0.978 bits per heavy atom. The van der Waals surface area contributed by atoms with Crippen molar-refractivity contribution < 1.29 is 82.0 Å².